The number of para-hydroxylation sites is 1. The number of benzene rings is 2. The molecular formula is C21H19F4N5. The molecule has 3 rings (SSSR count). The summed E-state index contributed by atoms with van der Waals surface area (Å²) in [6.45, 7) is 5.26. The maximum Gasteiger partial charge on any atom is 0.416 e. The molecule has 0 saturated heterocycles. The normalized spacial score (nSPS) is 11.2. The SMILES string of the molecule is CC(C)=Nc1c(F)cccc1Nc1cc(C)nc(Nc2ccc(C(F)(F)F)cc2)n1. The Morgan fingerprint density at radius 1 is 0.967 bits per heavy atom. The van der Waals surface area contributed by atoms with Crippen LogP contribution >= 0.6 is 0 Å². The van der Waals surface area contributed by atoms with Crippen molar-refractivity contribution in [2.75, 3.05) is 10.6 Å². The standard InChI is InChI=1S/C21H19F4N5/c1-12(2)26-19-16(22)5-4-6-17(19)29-18-11-13(3)27-20(30-18)28-15-9-7-14(8-10-15)21(23,24)25/h4-11H,1-3H3,(H2,27,28,29,30). The van der Waals surface area contributed by atoms with Crippen molar-refractivity contribution in [2.45, 2.75) is 26.9 Å². The Balaban J connectivity index is 1.86. The molecule has 0 fully saturated rings. The van der Waals surface area contributed by atoms with Crippen LogP contribution in [0.15, 0.2) is 53.5 Å². The molecule has 1 aromatic heterocycles. The molecule has 1 heterocycles. The number of anilines is 4. The molecule has 0 aliphatic rings. The second-order valence-corrected chi connectivity index (χ2v) is 6.74. The van der Waals surface area contributed by atoms with Crippen molar-refractivity contribution in [1.29, 1.82) is 0 Å². The average molecular weight is 417 g/mol. The third-order valence-electron chi connectivity index (χ3n) is 3.91. The van der Waals surface area contributed by atoms with Crippen LogP contribution in [0.4, 0.5) is 46.4 Å². The number of hydrogen-bond donors (Lipinski definition) is 2. The van der Waals surface area contributed by atoms with Crippen LogP contribution in [0, 0.1) is 12.7 Å². The van der Waals surface area contributed by atoms with E-state index >= 15 is 0 Å². The van der Waals surface area contributed by atoms with E-state index in [1.165, 1.54) is 18.2 Å². The summed E-state index contributed by atoms with van der Waals surface area (Å²) >= 11 is 0. The number of alkyl halides is 3. The lowest BCUT2D eigenvalue weighted by Crippen LogP contribution is -2.05. The molecule has 2 aromatic carbocycles. The predicted octanol–water partition coefficient (Wildman–Crippen LogP) is 6.54. The summed E-state index contributed by atoms with van der Waals surface area (Å²) in [6, 6.07) is 10.7. The van der Waals surface area contributed by atoms with E-state index < -0.39 is 17.6 Å². The minimum absolute atomic E-state index is 0.158. The smallest absolute Gasteiger partial charge is 0.338 e. The lowest BCUT2D eigenvalue weighted by atomic mass is 10.2. The van der Waals surface area contributed by atoms with Gasteiger partial charge in [0.1, 0.15) is 11.5 Å². The predicted molar refractivity (Wildman–Crippen MR) is 110 cm³/mol. The Labute approximate surface area is 170 Å². The molecule has 0 atom stereocenters. The first-order valence-electron chi connectivity index (χ1n) is 8.99. The first-order chi connectivity index (χ1) is 14.1. The van der Waals surface area contributed by atoms with Gasteiger partial charge in [-0.1, -0.05) is 6.07 Å². The van der Waals surface area contributed by atoms with Crippen LogP contribution in [0.25, 0.3) is 0 Å². The summed E-state index contributed by atoms with van der Waals surface area (Å²) in [7, 11) is 0. The van der Waals surface area contributed by atoms with Crippen molar-refractivity contribution in [2.24, 2.45) is 4.99 Å². The van der Waals surface area contributed by atoms with Crippen molar-refractivity contribution in [1.82, 2.24) is 9.97 Å². The van der Waals surface area contributed by atoms with Gasteiger partial charge in [-0.2, -0.15) is 18.2 Å². The van der Waals surface area contributed by atoms with Crippen molar-refractivity contribution in [3.8, 4) is 0 Å². The van der Waals surface area contributed by atoms with E-state index in [0.29, 0.717) is 28.6 Å². The first kappa shape index (κ1) is 21.2. The maximum atomic E-state index is 14.2. The molecule has 3 aromatic rings. The fraction of sp³-hybridized carbons (Fsp3) is 0.190. The summed E-state index contributed by atoms with van der Waals surface area (Å²) < 4.78 is 52.3. The number of aliphatic imine (C=N–C) groups is 1. The van der Waals surface area contributed by atoms with Gasteiger partial charge in [-0.3, -0.25) is 4.99 Å². The molecule has 0 spiro atoms. The van der Waals surface area contributed by atoms with Crippen LogP contribution in [0.5, 0.6) is 0 Å². The van der Waals surface area contributed by atoms with Gasteiger partial charge in [-0.05, 0) is 57.2 Å². The van der Waals surface area contributed by atoms with Crippen molar-refractivity contribution >= 4 is 34.5 Å². The number of aromatic nitrogens is 2. The minimum atomic E-state index is -4.41. The highest BCUT2D eigenvalue weighted by Crippen LogP contribution is 2.32. The topological polar surface area (TPSA) is 62.2 Å². The van der Waals surface area contributed by atoms with Crippen LogP contribution in [-0.2, 0) is 6.18 Å². The van der Waals surface area contributed by atoms with Gasteiger partial charge >= 0.3 is 6.18 Å². The summed E-state index contributed by atoms with van der Waals surface area (Å²) in [5.74, 6) is 0.0909. The minimum Gasteiger partial charge on any atom is -0.338 e. The molecular weight excluding hydrogens is 398 g/mol. The Kier molecular flexibility index (Phi) is 6.00. The average Bonchev–Trinajstić information content (AvgIpc) is 2.63. The molecule has 0 amide bonds. The van der Waals surface area contributed by atoms with Gasteiger partial charge < -0.3 is 10.6 Å². The van der Waals surface area contributed by atoms with Crippen LogP contribution < -0.4 is 10.6 Å². The van der Waals surface area contributed by atoms with Gasteiger partial charge in [-0.15, -0.1) is 0 Å². The van der Waals surface area contributed by atoms with Crippen molar-refractivity contribution in [3.63, 3.8) is 0 Å². The third kappa shape index (κ3) is 5.31. The van der Waals surface area contributed by atoms with Crippen LogP contribution in [0.3, 0.4) is 0 Å². The van der Waals surface area contributed by atoms with E-state index in [1.807, 2.05) is 0 Å². The fourth-order valence-electron chi connectivity index (χ4n) is 2.65. The Hall–Kier alpha value is -3.49. The Bertz CT molecular complexity index is 1070. The zero-order valence-electron chi connectivity index (χ0n) is 16.5. The van der Waals surface area contributed by atoms with Gasteiger partial charge in [0.05, 0.1) is 11.3 Å². The number of rotatable bonds is 5. The molecule has 0 radical (unpaired) electrons. The maximum absolute atomic E-state index is 14.2. The van der Waals surface area contributed by atoms with E-state index in [9.17, 15) is 17.6 Å². The molecule has 0 aliphatic heterocycles. The number of nitrogens with zero attached hydrogens (tertiary/aromatic N) is 3. The lowest BCUT2D eigenvalue weighted by Gasteiger charge is -2.13. The van der Waals surface area contributed by atoms with Crippen molar-refractivity contribution < 1.29 is 17.6 Å². The summed E-state index contributed by atoms with van der Waals surface area (Å²) in [5.41, 5.74) is 1.53. The molecule has 2 N–H and O–H groups in total. The van der Waals surface area contributed by atoms with Gasteiger partial charge in [0, 0.05) is 23.2 Å². The Morgan fingerprint density at radius 2 is 1.67 bits per heavy atom. The number of hydrogen-bond acceptors (Lipinski definition) is 5. The summed E-state index contributed by atoms with van der Waals surface area (Å²) in [6.07, 6.45) is -4.41. The zero-order valence-corrected chi connectivity index (χ0v) is 16.5. The first-order valence-corrected chi connectivity index (χ1v) is 8.99. The highest BCUT2D eigenvalue weighted by molar-refractivity contribution is 5.85. The van der Waals surface area contributed by atoms with E-state index in [-0.39, 0.29) is 11.6 Å². The zero-order chi connectivity index (χ0) is 21.9. The number of aryl methyl sites for hydroxylation is 1. The van der Waals surface area contributed by atoms with E-state index in [4.69, 9.17) is 0 Å². The van der Waals surface area contributed by atoms with Crippen LogP contribution in [0.1, 0.15) is 25.1 Å². The van der Waals surface area contributed by atoms with E-state index in [0.717, 1.165) is 12.1 Å². The van der Waals surface area contributed by atoms with Gasteiger partial charge in [0.2, 0.25) is 5.95 Å². The largest absolute Gasteiger partial charge is 0.416 e. The van der Waals surface area contributed by atoms with E-state index in [2.05, 4.69) is 25.6 Å². The second-order valence-electron chi connectivity index (χ2n) is 6.74. The summed E-state index contributed by atoms with van der Waals surface area (Å²) in [5, 5.41) is 5.90. The van der Waals surface area contributed by atoms with Gasteiger partial charge in [0.15, 0.2) is 5.82 Å². The van der Waals surface area contributed by atoms with E-state index in [1.54, 1.807) is 39.0 Å². The molecule has 5 nitrogen and oxygen atoms in total. The molecule has 30 heavy (non-hydrogen) atoms. The Morgan fingerprint density at radius 3 is 2.30 bits per heavy atom. The number of nitrogens with one attached hydrogen (secondary N) is 2. The quantitative estimate of drug-likeness (QED) is 0.365. The molecule has 9 heteroatoms. The molecule has 0 unspecified atom stereocenters. The lowest BCUT2D eigenvalue weighted by molar-refractivity contribution is -0.137. The highest BCUT2D eigenvalue weighted by Gasteiger charge is 2.29. The third-order valence-corrected chi connectivity index (χ3v) is 3.91. The molecule has 0 saturated carbocycles. The van der Waals surface area contributed by atoms with Gasteiger partial charge in [-0.25, -0.2) is 9.37 Å². The fourth-order valence-corrected chi connectivity index (χ4v) is 2.65. The van der Waals surface area contributed by atoms with Crippen molar-refractivity contribution in [3.05, 3.63) is 65.6 Å². The second kappa shape index (κ2) is 8.48. The highest BCUT2D eigenvalue weighted by atomic mass is 19.4. The van der Waals surface area contributed by atoms with Crippen LogP contribution in [-0.4, -0.2) is 15.7 Å². The number of halogens is 4. The summed E-state index contributed by atoms with van der Waals surface area (Å²) in [4.78, 5) is 12.8. The van der Waals surface area contributed by atoms with Crippen LogP contribution in [0.2, 0.25) is 0 Å². The monoisotopic (exact) mass is 417 g/mol. The molecule has 0 bridgehead atoms. The molecule has 156 valence electrons. The van der Waals surface area contributed by atoms with Gasteiger partial charge in [0.25, 0.3) is 0 Å². The molecule has 0 aliphatic carbocycles.